The molecule has 4 nitrogen and oxygen atoms in total. The summed E-state index contributed by atoms with van der Waals surface area (Å²) in [5.41, 5.74) is 6.87. The van der Waals surface area contributed by atoms with E-state index in [1.807, 2.05) is 44.2 Å². The van der Waals surface area contributed by atoms with Gasteiger partial charge in [-0.1, -0.05) is 32.0 Å². The number of hydrogen-bond donors (Lipinski definition) is 2. The number of fused-ring (bicyclic) bond motifs is 1. The van der Waals surface area contributed by atoms with Crippen LogP contribution >= 0.6 is 0 Å². The Morgan fingerprint density at radius 3 is 2.52 bits per heavy atom. The van der Waals surface area contributed by atoms with Gasteiger partial charge in [-0.3, -0.25) is 4.79 Å². The molecule has 0 aliphatic rings. The molecule has 21 heavy (non-hydrogen) atoms. The van der Waals surface area contributed by atoms with Crippen LogP contribution in [-0.4, -0.2) is 19.1 Å². The second-order valence-corrected chi connectivity index (χ2v) is 5.54. The molecule has 1 amide bonds. The minimum atomic E-state index is -0.463. The van der Waals surface area contributed by atoms with E-state index in [1.165, 1.54) is 0 Å². The number of carbonyl (C=O) groups excluding carboxylic acids is 1. The van der Waals surface area contributed by atoms with Crippen molar-refractivity contribution in [2.24, 2.45) is 11.7 Å². The van der Waals surface area contributed by atoms with Crippen LogP contribution < -0.4 is 15.8 Å². The van der Waals surface area contributed by atoms with Gasteiger partial charge in [-0.25, -0.2) is 0 Å². The largest absolute Gasteiger partial charge is 0.497 e. The van der Waals surface area contributed by atoms with Gasteiger partial charge in [0.1, 0.15) is 5.75 Å². The van der Waals surface area contributed by atoms with E-state index in [4.69, 9.17) is 10.5 Å². The number of hydrogen-bond acceptors (Lipinski definition) is 3. The molecule has 0 aliphatic carbocycles. The third-order valence-corrected chi connectivity index (χ3v) is 3.60. The second kappa shape index (κ2) is 6.59. The number of ether oxygens (including phenoxy) is 1. The van der Waals surface area contributed by atoms with Gasteiger partial charge in [-0.15, -0.1) is 0 Å². The lowest BCUT2D eigenvalue weighted by Gasteiger charge is -2.15. The Bertz CT molecular complexity index is 638. The molecule has 2 aromatic carbocycles. The first-order chi connectivity index (χ1) is 10.0. The quantitative estimate of drug-likeness (QED) is 0.887. The molecule has 0 saturated heterocycles. The van der Waals surface area contributed by atoms with Crippen LogP contribution in [0.5, 0.6) is 5.75 Å². The zero-order valence-electron chi connectivity index (χ0n) is 12.7. The number of rotatable bonds is 5. The maximum atomic E-state index is 11.9. The van der Waals surface area contributed by atoms with E-state index < -0.39 is 6.04 Å². The van der Waals surface area contributed by atoms with Gasteiger partial charge in [0.05, 0.1) is 13.2 Å². The monoisotopic (exact) mass is 286 g/mol. The first kappa shape index (κ1) is 15.3. The molecule has 0 heterocycles. The SMILES string of the molecule is COc1ccc2cc(CNC(=O)[C@H](N)C(C)C)ccc2c1. The molecule has 0 unspecified atom stereocenters. The molecule has 3 N–H and O–H groups in total. The highest BCUT2D eigenvalue weighted by atomic mass is 16.5. The number of benzene rings is 2. The molecule has 0 radical (unpaired) electrons. The van der Waals surface area contributed by atoms with Crippen LogP contribution in [0.4, 0.5) is 0 Å². The van der Waals surface area contributed by atoms with E-state index in [1.54, 1.807) is 7.11 Å². The van der Waals surface area contributed by atoms with Gasteiger partial charge in [-0.2, -0.15) is 0 Å². The van der Waals surface area contributed by atoms with Crippen molar-refractivity contribution >= 4 is 16.7 Å². The minimum absolute atomic E-state index is 0.111. The molecule has 2 rings (SSSR count). The van der Waals surface area contributed by atoms with Crippen LogP contribution in [0.2, 0.25) is 0 Å². The molecule has 0 saturated carbocycles. The zero-order valence-corrected chi connectivity index (χ0v) is 12.7. The van der Waals surface area contributed by atoms with Crippen molar-refractivity contribution in [1.29, 1.82) is 0 Å². The van der Waals surface area contributed by atoms with E-state index in [2.05, 4.69) is 11.4 Å². The van der Waals surface area contributed by atoms with Gasteiger partial charge >= 0.3 is 0 Å². The Morgan fingerprint density at radius 1 is 1.19 bits per heavy atom. The highest BCUT2D eigenvalue weighted by molar-refractivity contribution is 5.85. The predicted octanol–water partition coefficient (Wildman–Crippen LogP) is 2.45. The summed E-state index contributed by atoms with van der Waals surface area (Å²) in [6.45, 7) is 4.36. The smallest absolute Gasteiger partial charge is 0.237 e. The summed E-state index contributed by atoms with van der Waals surface area (Å²) >= 11 is 0. The van der Waals surface area contributed by atoms with Crippen LogP contribution in [0.3, 0.4) is 0 Å². The summed E-state index contributed by atoms with van der Waals surface area (Å²) < 4.78 is 5.21. The van der Waals surface area contributed by atoms with Gasteiger partial charge in [0.15, 0.2) is 0 Å². The molecule has 0 spiro atoms. The van der Waals surface area contributed by atoms with Gasteiger partial charge < -0.3 is 15.8 Å². The number of nitrogens with one attached hydrogen (secondary N) is 1. The van der Waals surface area contributed by atoms with E-state index in [0.717, 1.165) is 22.1 Å². The van der Waals surface area contributed by atoms with Gasteiger partial charge in [0.2, 0.25) is 5.91 Å². The molecule has 2 aromatic rings. The van der Waals surface area contributed by atoms with Crippen molar-refractivity contribution in [3.63, 3.8) is 0 Å². The van der Waals surface area contributed by atoms with Crippen molar-refractivity contribution < 1.29 is 9.53 Å². The molecule has 0 aliphatic heterocycles. The van der Waals surface area contributed by atoms with Crippen LogP contribution in [0.1, 0.15) is 19.4 Å². The maximum absolute atomic E-state index is 11.9. The lowest BCUT2D eigenvalue weighted by Crippen LogP contribution is -2.43. The molecule has 0 bridgehead atoms. The lowest BCUT2D eigenvalue weighted by atomic mass is 10.0. The average molecular weight is 286 g/mol. The fraction of sp³-hybridized carbons (Fsp3) is 0.353. The topological polar surface area (TPSA) is 64.3 Å². The first-order valence-corrected chi connectivity index (χ1v) is 7.11. The summed E-state index contributed by atoms with van der Waals surface area (Å²) in [5, 5.41) is 5.11. The Labute approximate surface area is 125 Å². The summed E-state index contributed by atoms with van der Waals surface area (Å²) in [6, 6.07) is 11.6. The van der Waals surface area contributed by atoms with Crippen molar-refractivity contribution in [3.8, 4) is 5.75 Å². The van der Waals surface area contributed by atoms with Crippen molar-refractivity contribution in [2.45, 2.75) is 26.4 Å². The van der Waals surface area contributed by atoms with Crippen molar-refractivity contribution in [3.05, 3.63) is 42.0 Å². The van der Waals surface area contributed by atoms with Gasteiger partial charge in [0, 0.05) is 6.54 Å². The summed E-state index contributed by atoms with van der Waals surface area (Å²) in [6.07, 6.45) is 0. The lowest BCUT2D eigenvalue weighted by molar-refractivity contribution is -0.123. The summed E-state index contributed by atoms with van der Waals surface area (Å²) in [5.74, 6) is 0.861. The average Bonchev–Trinajstić information content (AvgIpc) is 2.50. The summed E-state index contributed by atoms with van der Waals surface area (Å²) in [4.78, 5) is 11.9. The normalized spacial score (nSPS) is 12.4. The van der Waals surface area contributed by atoms with E-state index in [0.29, 0.717) is 6.54 Å². The number of amides is 1. The highest BCUT2D eigenvalue weighted by Crippen LogP contribution is 2.21. The third-order valence-electron chi connectivity index (χ3n) is 3.60. The van der Waals surface area contributed by atoms with E-state index in [-0.39, 0.29) is 11.8 Å². The van der Waals surface area contributed by atoms with Crippen molar-refractivity contribution in [1.82, 2.24) is 5.32 Å². The Morgan fingerprint density at radius 2 is 1.86 bits per heavy atom. The Hall–Kier alpha value is -2.07. The Kier molecular flexibility index (Phi) is 4.81. The van der Waals surface area contributed by atoms with Crippen molar-refractivity contribution in [2.75, 3.05) is 7.11 Å². The van der Waals surface area contributed by atoms with Crippen LogP contribution in [0.25, 0.3) is 10.8 Å². The third kappa shape index (κ3) is 3.73. The standard InChI is InChI=1S/C17H22N2O2/c1-11(2)16(18)17(20)19-10-12-4-5-14-9-15(21-3)7-6-13(14)8-12/h4-9,11,16H,10,18H2,1-3H3,(H,19,20)/t16-/m1/s1. The molecule has 0 fully saturated rings. The van der Waals surface area contributed by atoms with E-state index in [9.17, 15) is 4.79 Å². The maximum Gasteiger partial charge on any atom is 0.237 e. The minimum Gasteiger partial charge on any atom is -0.497 e. The molecule has 1 atom stereocenters. The predicted molar refractivity (Wildman–Crippen MR) is 85.2 cm³/mol. The first-order valence-electron chi connectivity index (χ1n) is 7.11. The fourth-order valence-corrected chi connectivity index (χ4v) is 2.12. The molecule has 0 aromatic heterocycles. The zero-order chi connectivity index (χ0) is 15.4. The number of methoxy groups -OCH3 is 1. The van der Waals surface area contributed by atoms with Gasteiger partial charge in [-0.05, 0) is 40.5 Å². The molecule has 4 heteroatoms. The van der Waals surface area contributed by atoms with Gasteiger partial charge in [0.25, 0.3) is 0 Å². The number of carbonyl (C=O) groups is 1. The summed E-state index contributed by atoms with van der Waals surface area (Å²) in [7, 11) is 1.66. The fourth-order valence-electron chi connectivity index (χ4n) is 2.12. The molecular weight excluding hydrogens is 264 g/mol. The molecule has 112 valence electrons. The van der Waals surface area contributed by atoms with Crippen LogP contribution in [0.15, 0.2) is 36.4 Å². The van der Waals surface area contributed by atoms with Crippen LogP contribution in [0, 0.1) is 5.92 Å². The number of nitrogens with two attached hydrogens (primary N) is 1. The second-order valence-electron chi connectivity index (χ2n) is 5.54. The van der Waals surface area contributed by atoms with E-state index >= 15 is 0 Å². The van der Waals surface area contributed by atoms with Crippen LogP contribution in [-0.2, 0) is 11.3 Å². The molecular formula is C17H22N2O2. The highest BCUT2D eigenvalue weighted by Gasteiger charge is 2.16. The Balaban J connectivity index is 2.08.